The van der Waals surface area contributed by atoms with E-state index in [-0.39, 0.29) is 13.2 Å². The minimum absolute atomic E-state index is 0.0571. The molecule has 4 heteroatoms. The second-order valence-corrected chi connectivity index (χ2v) is 4.30. The lowest BCUT2D eigenvalue weighted by Gasteiger charge is -2.12. The average Bonchev–Trinajstić information content (AvgIpc) is 2.22. The quantitative estimate of drug-likeness (QED) is 0.369. The third-order valence-corrected chi connectivity index (χ3v) is 2.77. The summed E-state index contributed by atoms with van der Waals surface area (Å²) in [5.74, 6) is 5.79. The fraction of sp³-hybridized carbons (Fsp3) is 0.400. The van der Waals surface area contributed by atoms with Crippen molar-refractivity contribution in [3.8, 4) is 24.7 Å². The highest BCUT2D eigenvalue weighted by Crippen LogP contribution is 2.49. The first-order valence-corrected chi connectivity index (χ1v) is 5.69. The Hall–Kier alpha value is -0.990. The molecule has 0 bridgehead atoms. The maximum atomic E-state index is 11.6. The van der Waals surface area contributed by atoms with Gasteiger partial charge in [-0.1, -0.05) is 12.5 Å². The van der Waals surface area contributed by atoms with Gasteiger partial charge in [0, 0.05) is 12.2 Å². The summed E-state index contributed by atoms with van der Waals surface area (Å²) < 4.78 is 21.4. The maximum absolute atomic E-state index is 11.6. The van der Waals surface area contributed by atoms with Crippen LogP contribution in [0.4, 0.5) is 0 Å². The van der Waals surface area contributed by atoms with Crippen molar-refractivity contribution in [3.05, 3.63) is 12.4 Å². The second kappa shape index (κ2) is 7.42. The van der Waals surface area contributed by atoms with Gasteiger partial charge in [0.25, 0.3) is 0 Å². The van der Waals surface area contributed by atoms with E-state index < -0.39 is 7.60 Å². The van der Waals surface area contributed by atoms with E-state index in [0.29, 0.717) is 12.8 Å². The Morgan fingerprint density at radius 1 is 1.36 bits per heavy atom. The van der Waals surface area contributed by atoms with Crippen LogP contribution >= 0.6 is 7.60 Å². The average molecular weight is 212 g/mol. The lowest BCUT2D eigenvalue weighted by molar-refractivity contribution is 0.228. The molecule has 0 aromatic carbocycles. The van der Waals surface area contributed by atoms with E-state index in [0.717, 1.165) is 5.82 Å². The Bertz CT molecular complexity index is 295. The molecule has 0 saturated heterocycles. The van der Waals surface area contributed by atoms with Gasteiger partial charge in [-0.15, -0.1) is 18.8 Å². The van der Waals surface area contributed by atoms with E-state index in [9.17, 15) is 4.57 Å². The van der Waals surface area contributed by atoms with Crippen molar-refractivity contribution < 1.29 is 13.6 Å². The van der Waals surface area contributed by atoms with Gasteiger partial charge >= 0.3 is 7.60 Å². The molecule has 1 atom stereocenters. The zero-order valence-electron chi connectivity index (χ0n) is 7.94. The first-order chi connectivity index (χ1) is 6.68. The largest absolute Gasteiger partial charge is 0.354 e. The van der Waals surface area contributed by atoms with Crippen molar-refractivity contribution in [2.24, 2.45) is 0 Å². The van der Waals surface area contributed by atoms with Gasteiger partial charge in [-0.2, -0.15) is 0 Å². The van der Waals surface area contributed by atoms with E-state index in [1.54, 1.807) is 0 Å². The fourth-order valence-electron chi connectivity index (χ4n) is 0.636. The van der Waals surface area contributed by atoms with Crippen LogP contribution in [0, 0.1) is 24.7 Å². The molecule has 14 heavy (non-hydrogen) atoms. The van der Waals surface area contributed by atoms with Crippen LogP contribution in [0.3, 0.4) is 0 Å². The fourth-order valence-corrected chi connectivity index (χ4v) is 1.56. The van der Waals surface area contributed by atoms with E-state index in [1.807, 2.05) is 0 Å². The lowest BCUT2D eigenvalue weighted by atomic mass is 10.3. The molecule has 0 amide bonds. The van der Waals surface area contributed by atoms with Crippen molar-refractivity contribution in [2.45, 2.75) is 12.8 Å². The van der Waals surface area contributed by atoms with Gasteiger partial charge in [0.05, 0.1) is 6.61 Å². The number of terminal acetylenes is 2. The summed E-state index contributed by atoms with van der Waals surface area (Å²) in [7, 11) is -3.20. The number of rotatable bonds is 7. The smallest absolute Gasteiger partial charge is 0.306 e. The standard InChI is InChI=1S/C10H13O3P/c1-4-7-8-10-13-14(11,6-3)12-9-5-2/h1-2,6H,3,7-10H2. The molecule has 0 fully saturated rings. The van der Waals surface area contributed by atoms with Crippen LogP contribution in [0.25, 0.3) is 0 Å². The summed E-state index contributed by atoms with van der Waals surface area (Å²) in [5.41, 5.74) is 0. The zero-order chi connectivity index (χ0) is 10.9. The van der Waals surface area contributed by atoms with E-state index in [4.69, 9.17) is 21.9 Å². The van der Waals surface area contributed by atoms with Crippen molar-refractivity contribution in [1.82, 2.24) is 0 Å². The van der Waals surface area contributed by atoms with Crippen LogP contribution in [0.1, 0.15) is 12.8 Å². The highest BCUT2D eigenvalue weighted by molar-refractivity contribution is 7.57. The molecule has 0 aliphatic heterocycles. The second-order valence-electron chi connectivity index (χ2n) is 2.34. The van der Waals surface area contributed by atoms with E-state index in [1.165, 1.54) is 0 Å². The molecule has 1 unspecified atom stereocenters. The van der Waals surface area contributed by atoms with Gasteiger partial charge in [0.15, 0.2) is 0 Å². The molecule has 0 aliphatic carbocycles. The Labute approximate surface area is 85.0 Å². The number of unbranched alkanes of at least 4 members (excludes halogenated alkanes) is 1. The van der Waals surface area contributed by atoms with Gasteiger partial charge in [-0.25, -0.2) is 0 Å². The summed E-state index contributed by atoms with van der Waals surface area (Å²) in [6, 6.07) is 0. The summed E-state index contributed by atoms with van der Waals surface area (Å²) in [4.78, 5) is 0. The summed E-state index contributed by atoms with van der Waals surface area (Å²) in [6.45, 7) is 3.58. The third kappa shape index (κ3) is 5.62. The van der Waals surface area contributed by atoms with Crippen molar-refractivity contribution in [1.29, 1.82) is 0 Å². The maximum Gasteiger partial charge on any atom is 0.354 e. The minimum atomic E-state index is -3.20. The van der Waals surface area contributed by atoms with Crippen LogP contribution < -0.4 is 0 Å². The SMILES string of the molecule is C#CCCCOP(=O)(C=C)OCC#C. The molecule has 3 nitrogen and oxygen atoms in total. The van der Waals surface area contributed by atoms with Gasteiger partial charge in [-0.3, -0.25) is 9.09 Å². The molecule has 0 saturated carbocycles. The highest BCUT2D eigenvalue weighted by Gasteiger charge is 2.18. The van der Waals surface area contributed by atoms with Crippen molar-refractivity contribution in [3.63, 3.8) is 0 Å². The molecule has 0 heterocycles. The highest BCUT2D eigenvalue weighted by atomic mass is 31.2. The summed E-state index contributed by atoms with van der Waals surface area (Å²) >= 11 is 0. The van der Waals surface area contributed by atoms with Crippen LogP contribution in [-0.4, -0.2) is 13.2 Å². The topological polar surface area (TPSA) is 35.5 Å². The van der Waals surface area contributed by atoms with Crippen molar-refractivity contribution >= 4 is 7.60 Å². The van der Waals surface area contributed by atoms with E-state index in [2.05, 4.69) is 18.4 Å². The summed E-state index contributed by atoms with van der Waals surface area (Å²) in [5, 5.41) is 0. The Balaban J connectivity index is 3.90. The van der Waals surface area contributed by atoms with Crippen LogP contribution in [0.5, 0.6) is 0 Å². The van der Waals surface area contributed by atoms with Crippen molar-refractivity contribution in [2.75, 3.05) is 13.2 Å². The molecule has 0 aliphatic rings. The Morgan fingerprint density at radius 3 is 2.57 bits per heavy atom. The monoisotopic (exact) mass is 212 g/mol. The normalized spacial score (nSPS) is 13.6. The molecule has 0 aromatic rings. The van der Waals surface area contributed by atoms with Gasteiger partial charge in [-0.05, 0) is 6.42 Å². The minimum Gasteiger partial charge on any atom is -0.306 e. The van der Waals surface area contributed by atoms with E-state index >= 15 is 0 Å². The predicted octanol–water partition coefficient (Wildman–Crippen LogP) is 2.40. The Morgan fingerprint density at radius 2 is 2.07 bits per heavy atom. The first kappa shape index (κ1) is 13.0. The number of hydrogen-bond donors (Lipinski definition) is 0. The molecule has 0 spiro atoms. The molecule has 0 radical (unpaired) electrons. The molecule has 76 valence electrons. The summed E-state index contributed by atoms with van der Waals surface area (Å²) in [6.07, 6.45) is 11.2. The van der Waals surface area contributed by atoms with Gasteiger partial charge in [0.1, 0.15) is 6.61 Å². The van der Waals surface area contributed by atoms with Crippen LogP contribution in [-0.2, 0) is 13.6 Å². The lowest BCUT2D eigenvalue weighted by Crippen LogP contribution is -1.95. The molecule has 0 aromatic heterocycles. The van der Waals surface area contributed by atoms with Gasteiger partial charge in [0.2, 0.25) is 0 Å². The number of hydrogen-bond acceptors (Lipinski definition) is 3. The van der Waals surface area contributed by atoms with Gasteiger partial charge < -0.3 is 4.52 Å². The molecule has 0 N–H and O–H groups in total. The van der Waals surface area contributed by atoms with Crippen LogP contribution in [0.15, 0.2) is 12.4 Å². The Kier molecular flexibility index (Phi) is 6.89. The zero-order valence-corrected chi connectivity index (χ0v) is 8.83. The predicted molar refractivity (Wildman–Crippen MR) is 56.6 cm³/mol. The molecular formula is C10H13O3P. The van der Waals surface area contributed by atoms with Crippen LogP contribution in [0.2, 0.25) is 0 Å². The molecule has 0 rings (SSSR count). The molecular weight excluding hydrogens is 199 g/mol. The third-order valence-electron chi connectivity index (χ3n) is 1.29. The first-order valence-electron chi connectivity index (χ1n) is 4.08.